The lowest BCUT2D eigenvalue weighted by Gasteiger charge is -2.23. The Bertz CT molecular complexity index is 805. The van der Waals surface area contributed by atoms with Crippen LogP contribution in [-0.2, 0) is 14.8 Å². The lowest BCUT2D eigenvalue weighted by Crippen LogP contribution is -2.36. The van der Waals surface area contributed by atoms with E-state index in [1.807, 2.05) is 0 Å². The second kappa shape index (κ2) is 6.66. The van der Waals surface area contributed by atoms with Gasteiger partial charge in [0.15, 0.2) is 0 Å². The number of ether oxygens (including phenoxy) is 1. The lowest BCUT2D eigenvalue weighted by atomic mass is 10.3. The van der Waals surface area contributed by atoms with Crippen LogP contribution in [0.2, 0.25) is 0 Å². The quantitative estimate of drug-likeness (QED) is 0.871. The molecular formula is C15H14FNO5S. The first-order chi connectivity index (χ1) is 10.9. The second-order valence-electron chi connectivity index (χ2n) is 4.53. The molecule has 0 unspecified atom stereocenters. The summed E-state index contributed by atoms with van der Waals surface area (Å²) in [5.74, 6) is -1.78. The molecular weight excluding hydrogens is 325 g/mol. The third-order valence-corrected chi connectivity index (χ3v) is 4.82. The number of carboxylic acids is 1. The average molecular weight is 339 g/mol. The van der Waals surface area contributed by atoms with Crippen LogP contribution in [0, 0.1) is 5.82 Å². The van der Waals surface area contributed by atoms with Crippen molar-refractivity contribution in [1.82, 2.24) is 0 Å². The van der Waals surface area contributed by atoms with Crippen molar-refractivity contribution in [1.29, 1.82) is 0 Å². The highest BCUT2D eigenvalue weighted by atomic mass is 32.2. The molecule has 0 radical (unpaired) electrons. The molecule has 0 aliphatic rings. The fourth-order valence-corrected chi connectivity index (χ4v) is 3.37. The number of nitrogens with zero attached hydrogens (tertiary/aromatic N) is 1. The third-order valence-electron chi connectivity index (χ3n) is 3.05. The number of aliphatic carboxylic acids is 1. The molecule has 0 saturated heterocycles. The predicted octanol–water partition coefficient (Wildman–Crippen LogP) is 2.11. The van der Waals surface area contributed by atoms with Gasteiger partial charge in [-0.15, -0.1) is 0 Å². The van der Waals surface area contributed by atoms with E-state index in [0.29, 0.717) is 10.1 Å². The number of halogens is 1. The van der Waals surface area contributed by atoms with Crippen LogP contribution in [0.25, 0.3) is 0 Å². The van der Waals surface area contributed by atoms with Gasteiger partial charge >= 0.3 is 5.97 Å². The molecule has 23 heavy (non-hydrogen) atoms. The van der Waals surface area contributed by atoms with Crippen LogP contribution >= 0.6 is 0 Å². The lowest BCUT2D eigenvalue weighted by molar-refractivity contribution is -0.135. The van der Waals surface area contributed by atoms with E-state index in [4.69, 9.17) is 9.84 Å². The molecule has 8 heteroatoms. The molecule has 0 heterocycles. The molecule has 0 spiro atoms. The summed E-state index contributed by atoms with van der Waals surface area (Å²) in [6, 6.07) is 10.5. The highest BCUT2D eigenvalue weighted by molar-refractivity contribution is 7.92. The second-order valence-corrected chi connectivity index (χ2v) is 6.39. The van der Waals surface area contributed by atoms with Crippen molar-refractivity contribution in [3.8, 4) is 5.75 Å². The summed E-state index contributed by atoms with van der Waals surface area (Å²) in [5, 5.41) is 8.98. The maximum atomic E-state index is 13.9. The Labute approximate surface area is 132 Å². The summed E-state index contributed by atoms with van der Waals surface area (Å²) in [7, 11) is -2.81. The number of benzene rings is 2. The van der Waals surface area contributed by atoms with Crippen molar-refractivity contribution >= 4 is 21.7 Å². The standard InChI is InChI=1S/C15H14FNO5S/c1-22-11-6-8-12(9-7-11)23(20,21)17(10-15(18)19)14-5-3-2-4-13(14)16/h2-9H,10H2,1H3,(H,18,19). The Morgan fingerprint density at radius 1 is 1.17 bits per heavy atom. The maximum Gasteiger partial charge on any atom is 0.324 e. The minimum absolute atomic E-state index is 0.164. The zero-order valence-electron chi connectivity index (χ0n) is 12.1. The molecule has 122 valence electrons. The number of carboxylic acid groups (broad SMARTS) is 1. The number of methoxy groups -OCH3 is 1. The van der Waals surface area contributed by atoms with E-state index in [0.717, 1.165) is 6.07 Å². The number of sulfonamides is 1. The summed E-state index contributed by atoms with van der Waals surface area (Å²) < 4.78 is 44.8. The third kappa shape index (κ3) is 3.59. The molecule has 0 fully saturated rings. The smallest absolute Gasteiger partial charge is 0.324 e. The highest BCUT2D eigenvalue weighted by Gasteiger charge is 2.28. The average Bonchev–Trinajstić information content (AvgIpc) is 2.53. The number of para-hydroxylation sites is 1. The van der Waals surface area contributed by atoms with Gasteiger partial charge in [0.05, 0.1) is 17.7 Å². The van der Waals surface area contributed by atoms with Crippen molar-refractivity contribution in [2.24, 2.45) is 0 Å². The Hall–Kier alpha value is -2.61. The van der Waals surface area contributed by atoms with E-state index in [9.17, 15) is 17.6 Å². The van der Waals surface area contributed by atoms with Crippen LogP contribution in [0.5, 0.6) is 5.75 Å². The Morgan fingerprint density at radius 2 is 1.78 bits per heavy atom. The van der Waals surface area contributed by atoms with Gasteiger partial charge in [-0.25, -0.2) is 12.8 Å². The zero-order valence-corrected chi connectivity index (χ0v) is 13.0. The molecule has 0 atom stereocenters. The number of rotatable bonds is 6. The molecule has 1 N–H and O–H groups in total. The number of carbonyl (C=O) groups is 1. The molecule has 0 bridgehead atoms. The van der Waals surface area contributed by atoms with Gasteiger partial charge in [0, 0.05) is 0 Å². The number of anilines is 1. The summed E-state index contributed by atoms with van der Waals surface area (Å²) in [4.78, 5) is 10.9. The maximum absolute atomic E-state index is 13.9. The van der Waals surface area contributed by atoms with Crippen LogP contribution in [0.15, 0.2) is 53.4 Å². The van der Waals surface area contributed by atoms with Crippen LogP contribution in [0.1, 0.15) is 0 Å². The topological polar surface area (TPSA) is 83.9 Å². The molecule has 0 aliphatic carbocycles. The minimum atomic E-state index is -4.24. The highest BCUT2D eigenvalue weighted by Crippen LogP contribution is 2.27. The fourth-order valence-electron chi connectivity index (χ4n) is 1.95. The van der Waals surface area contributed by atoms with Gasteiger partial charge in [0.25, 0.3) is 10.0 Å². The normalized spacial score (nSPS) is 11.0. The van der Waals surface area contributed by atoms with Crippen molar-refractivity contribution in [2.45, 2.75) is 4.90 Å². The van der Waals surface area contributed by atoms with E-state index in [1.54, 1.807) is 0 Å². The van der Waals surface area contributed by atoms with Gasteiger partial charge in [0.2, 0.25) is 0 Å². The van der Waals surface area contributed by atoms with Crippen molar-refractivity contribution in [2.75, 3.05) is 18.0 Å². The molecule has 6 nitrogen and oxygen atoms in total. The Kier molecular flexibility index (Phi) is 4.85. The van der Waals surface area contributed by atoms with E-state index in [-0.39, 0.29) is 10.6 Å². The molecule has 0 saturated carbocycles. The monoisotopic (exact) mass is 339 g/mol. The van der Waals surface area contributed by atoms with Crippen molar-refractivity contribution < 1.29 is 27.4 Å². The van der Waals surface area contributed by atoms with Gasteiger partial charge in [0.1, 0.15) is 18.1 Å². The zero-order chi connectivity index (χ0) is 17.0. The molecule has 0 aliphatic heterocycles. The number of hydrogen-bond acceptors (Lipinski definition) is 4. The van der Waals surface area contributed by atoms with E-state index in [1.165, 1.54) is 49.6 Å². The first-order valence-electron chi connectivity index (χ1n) is 6.49. The van der Waals surface area contributed by atoms with E-state index in [2.05, 4.69) is 0 Å². The fraction of sp³-hybridized carbons (Fsp3) is 0.133. The summed E-state index contributed by atoms with van der Waals surface area (Å²) in [5.41, 5.74) is -0.328. The van der Waals surface area contributed by atoms with Crippen LogP contribution in [0.4, 0.5) is 10.1 Å². The Balaban J connectivity index is 2.53. The van der Waals surface area contributed by atoms with Crippen molar-refractivity contribution in [3.05, 3.63) is 54.3 Å². The van der Waals surface area contributed by atoms with Gasteiger partial charge in [-0.3, -0.25) is 9.10 Å². The van der Waals surface area contributed by atoms with Crippen LogP contribution in [-0.4, -0.2) is 33.1 Å². The molecule has 0 amide bonds. The van der Waals surface area contributed by atoms with Gasteiger partial charge < -0.3 is 9.84 Å². The molecule has 2 aromatic carbocycles. The molecule has 0 aromatic heterocycles. The first-order valence-corrected chi connectivity index (χ1v) is 7.93. The number of hydrogen-bond donors (Lipinski definition) is 1. The molecule has 2 aromatic rings. The van der Waals surface area contributed by atoms with Crippen LogP contribution in [0.3, 0.4) is 0 Å². The summed E-state index contributed by atoms with van der Waals surface area (Å²) in [6.07, 6.45) is 0. The van der Waals surface area contributed by atoms with Gasteiger partial charge in [-0.1, -0.05) is 12.1 Å². The Morgan fingerprint density at radius 3 is 2.30 bits per heavy atom. The largest absolute Gasteiger partial charge is 0.497 e. The van der Waals surface area contributed by atoms with Crippen molar-refractivity contribution in [3.63, 3.8) is 0 Å². The van der Waals surface area contributed by atoms with Gasteiger partial charge in [-0.05, 0) is 36.4 Å². The minimum Gasteiger partial charge on any atom is -0.497 e. The first kappa shape index (κ1) is 16.8. The van der Waals surface area contributed by atoms with Crippen LogP contribution < -0.4 is 9.04 Å². The van der Waals surface area contributed by atoms with E-state index >= 15 is 0 Å². The summed E-state index contributed by atoms with van der Waals surface area (Å²) >= 11 is 0. The van der Waals surface area contributed by atoms with Gasteiger partial charge in [-0.2, -0.15) is 0 Å². The summed E-state index contributed by atoms with van der Waals surface area (Å²) in [6.45, 7) is -0.894. The predicted molar refractivity (Wildman–Crippen MR) is 81.6 cm³/mol. The SMILES string of the molecule is COc1ccc(S(=O)(=O)N(CC(=O)O)c2ccccc2F)cc1. The molecule has 2 rings (SSSR count). The van der Waals surface area contributed by atoms with E-state index < -0.39 is 28.4 Å².